The minimum atomic E-state index is -0.302. The summed E-state index contributed by atoms with van der Waals surface area (Å²) in [4.78, 5) is 4.11. The highest BCUT2D eigenvalue weighted by molar-refractivity contribution is 9.10. The van der Waals surface area contributed by atoms with E-state index in [4.69, 9.17) is 0 Å². The van der Waals surface area contributed by atoms with Crippen molar-refractivity contribution in [3.8, 4) is 0 Å². The molecule has 1 N–H and O–H groups in total. The molecule has 2 rings (SSSR count). The van der Waals surface area contributed by atoms with Gasteiger partial charge in [-0.25, -0.2) is 4.39 Å². The van der Waals surface area contributed by atoms with Crippen LogP contribution < -0.4 is 5.32 Å². The number of pyridine rings is 1. The summed E-state index contributed by atoms with van der Waals surface area (Å²) >= 11 is 3.43. The molecule has 0 saturated carbocycles. The van der Waals surface area contributed by atoms with Crippen molar-refractivity contribution in [3.05, 3.63) is 64.1 Å². The molecule has 0 saturated heterocycles. The number of nitrogens with zero attached hydrogens (tertiary/aromatic N) is 1. The van der Waals surface area contributed by atoms with Crippen LogP contribution in [0.15, 0.2) is 47.1 Å². The minimum Gasteiger partial charge on any atom is -0.306 e. The lowest BCUT2D eigenvalue weighted by Gasteiger charge is -2.19. The van der Waals surface area contributed by atoms with Gasteiger partial charge in [-0.1, -0.05) is 28.1 Å². The molecule has 4 heteroatoms. The molecule has 2 aromatic rings. The quantitative estimate of drug-likeness (QED) is 0.882. The van der Waals surface area contributed by atoms with E-state index in [2.05, 4.69) is 45.3 Å². The van der Waals surface area contributed by atoms with E-state index in [1.165, 1.54) is 17.8 Å². The predicted octanol–water partition coefficient (Wildman–Crippen LogP) is 4.27. The van der Waals surface area contributed by atoms with Crippen molar-refractivity contribution in [1.82, 2.24) is 10.3 Å². The molecule has 0 radical (unpaired) electrons. The van der Waals surface area contributed by atoms with E-state index in [-0.39, 0.29) is 11.9 Å². The summed E-state index contributed by atoms with van der Waals surface area (Å²) in [7, 11) is 0. The van der Waals surface area contributed by atoms with Gasteiger partial charge in [0.05, 0.1) is 11.9 Å². The van der Waals surface area contributed by atoms with Crippen LogP contribution in [-0.2, 0) is 6.42 Å². The fraction of sp³-hybridized carbons (Fsp3) is 0.312. The Bertz CT molecular complexity index is 539. The average molecular weight is 337 g/mol. The summed E-state index contributed by atoms with van der Waals surface area (Å²) in [5.41, 5.74) is 2.14. The van der Waals surface area contributed by atoms with E-state index in [1.807, 2.05) is 19.1 Å². The molecule has 0 aliphatic carbocycles. The zero-order valence-corrected chi connectivity index (χ0v) is 13.2. The van der Waals surface area contributed by atoms with Crippen LogP contribution in [0.4, 0.5) is 4.39 Å². The number of nitrogens with one attached hydrogen (secondary N) is 1. The molecule has 0 spiro atoms. The number of aromatic nitrogens is 1. The standard InChI is InChI=1S/C16H18BrFN2/c1-11(9-13-3-5-14(17)6-4-13)20-12(2)16-8-7-15(18)10-19-16/h3-8,10-12,20H,9H2,1-2H3. The van der Waals surface area contributed by atoms with Crippen LogP contribution in [0.1, 0.15) is 31.1 Å². The van der Waals surface area contributed by atoms with E-state index >= 15 is 0 Å². The lowest BCUT2D eigenvalue weighted by Crippen LogP contribution is -2.31. The Hall–Kier alpha value is -1.26. The SMILES string of the molecule is CC(Cc1ccc(Br)cc1)NC(C)c1ccc(F)cn1. The van der Waals surface area contributed by atoms with Crippen LogP contribution in [0.3, 0.4) is 0 Å². The number of rotatable bonds is 5. The molecule has 0 fully saturated rings. The molecule has 106 valence electrons. The van der Waals surface area contributed by atoms with E-state index in [0.29, 0.717) is 6.04 Å². The highest BCUT2D eigenvalue weighted by Crippen LogP contribution is 2.14. The molecule has 0 amide bonds. The zero-order chi connectivity index (χ0) is 14.5. The van der Waals surface area contributed by atoms with Crippen LogP contribution in [0.5, 0.6) is 0 Å². The maximum absolute atomic E-state index is 12.8. The van der Waals surface area contributed by atoms with Gasteiger partial charge in [0.1, 0.15) is 5.82 Å². The Morgan fingerprint density at radius 1 is 1.15 bits per heavy atom. The largest absolute Gasteiger partial charge is 0.306 e. The third-order valence-corrected chi connectivity index (χ3v) is 3.71. The lowest BCUT2D eigenvalue weighted by atomic mass is 10.1. The van der Waals surface area contributed by atoms with Gasteiger partial charge in [-0.3, -0.25) is 4.98 Å². The van der Waals surface area contributed by atoms with Crippen molar-refractivity contribution in [1.29, 1.82) is 0 Å². The molecule has 2 nitrogen and oxygen atoms in total. The van der Waals surface area contributed by atoms with Crippen LogP contribution in [0.2, 0.25) is 0 Å². The Balaban J connectivity index is 1.92. The Labute approximate surface area is 127 Å². The molecule has 1 heterocycles. The Morgan fingerprint density at radius 2 is 1.85 bits per heavy atom. The first kappa shape index (κ1) is 15.1. The van der Waals surface area contributed by atoms with Gasteiger partial charge < -0.3 is 5.32 Å². The highest BCUT2D eigenvalue weighted by Gasteiger charge is 2.11. The first-order valence-corrected chi connectivity index (χ1v) is 7.46. The summed E-state index contributed by atoms with van der Waals surface area (Å²) in [6.07, 6.45) is 2.20. The first-order valence-electron chi connectivity index (χ1n) is 6.66. The maximum atomic E-state index is 12.8. The fourth-order valence-corrected chi connectivity index (χ4v) is 2.45. The van der Waals surface area contributed by atoms with Gasteiger partial charge in [-0.2, -0.15) is 0 Å². The van der Waals surface area contributed by atoms with Crippen molar-refractivity contribution in [2.45, 2.75) is 32.4 Å². The van der Waals surface area contributed by atoms with Crippen LogP contribution in [0, 0.1) is 5.82 Å². The number of benzene rings is 1. The molecule has 2 atom stereocenters. The van der Waals surface area contributed by atoms with E-state index in [9.17, 15) is 4.39 Å². The number of halogens is 2. The van der Waals surface area contributed by atoms with Crippen molar-refractivity contribution in [3.63, 3.8) is 0 Å². The zero-order valence-electron chi connectivity index (χ0n) is 11.6. The summed E-state index contributed by atoms with van der Waals surface area (Å²) < 4.78 is 13.9. The average Bonchev–Trinajstić information content (AvgIpc) is 2.42. The van der Waals surface area contributed by atoms with Gasteiger partial charge in [0.15, 0.2) is 0 Å². The van der Waals surface area contributed by atoms with Crippen molar-refractivity contribution in [2.75, 3.05) is 0 Å². The summed E-state index contributed by atoms with van der Waals surface area (Å²) in [5, 5.41) is 3.48. The van der Waals surface area contributed by atoms with Crippen LogP contribution >= 0.6 is 15.9 Å². The monoisotopic (exact) mass is 336 g/mol. The van der Waals surface area contributed by atoms with Gasteiger partial charge in [0.25, 0.3) is 0 Å². The van der Waals surface area contributed by atoms with Crippen molar-refractivity contribution < 1.29 is 4.39 Å². The van der Waals surface area contributed by atoms with E-state index in [1.54, 1.807) is 6.07 Å². The molecule has 0 aliphatic rings. The van der Waals surface area contributed by atoms with E-state index < -0.39 is 0 Å². The molecule has 2 unspecified atom stereocenters. The van der Waals surface area contributed by atoms with Gasteiger partial charge in [-0.15, -0.1) is 0 Å². The Kier molecular flexibility index (Phi) is 5.26. The number of hydrogen-bond acceptors (Lipinski definition) is 2. The molecule has 0 aliphatic heterocycles. The summed E-state index contributed by atoms with van der Waals surface area (Å²) in [6.45, 7) is 4.18. The lowest BCUT2D eigenvalue weighted by molar-refractivity contribution is 0.468. The second kappa shape index (κ2) is 6.95. The third-order valence-electron chi connectivity index (χ3n) is 3.18. The molecular formula is C16H18BrFN2. The van der Waals surface area contributed by atoms with E-state index in [0.717, 1.165) is 16.6 Å². The molecule has 1 aromatic carbocycles. The fourth-order valence-electron chi connectivity index (χ4n) is 2.19. The van der Waals surface area contributed by atoms with Crippen molar-refractivity contribution >= 4 is 15.9 Å². The molecule has 20 heavy (non-hydrogen) atoms. The molecular weight excluding hydrogens is 319 g/mol. The van der Waals surface area contributed by atoms with Crippen molar-refractivity contribution in [2.24, 2.45) is 0 Å². The topological polar surface area (TPSA) is 24.9 Å². The predicted molar refractivity (Wildman–Crippen MR) is 83.1 cm³/mol. The van der Waals surface area contributed by atoms with Gasteiger partial charge in [0, 0.05) is 16.6 Å². The van der Waals surface area contributed by atoms with Gasteiger partial charge >= 0.3 is 0 Å². The second-order valence-electron chi connectivity index (χ2n) is 5.02. The molecule has 1 aromatic heterocycles. The first-order chi connectivity index (χ1) is 9.54. The van der Waals surface area contributed by atoms with Crippen LogP contribution in [-0.4, -0.2) is 11.0 Å². The maximum Gasteiger partial charge on any atom is 0.141 e. The summed E-state index contributed by atoms with van der Waals surface area (Å²) in [6, 6.07) is 11.9. The minimum absolute atomic E-state index is 0.0982. The smallest absolute Gasteiger partial charge is 0.141 e. The normalized spacial score (nSPS) is 14.0. The number of hydrogen-bond donors (Lipinski definition) is 1. The third kappa shape index (κ3) is 4.39. The highest BCUT2D eigenvalue weighted by atomic mass is 79.9. The van der Waals surface area contributed by atoms with Gasteiger partial charge in [0.2, 0.25) is 0 Å². The van der Waals surface area contributed by atoms with Crippen LogP contribution in [0.25, 0.3) is 0 Å². The second-order valence-corrected chi connectivity index (χ2v) is 5.94. The van der Waals surface area contributed by atoms with Gasteiger partial charge in [-0.05, 0) is 50.1 Å². The Morgan fingerprint density at radius 3 is 2.45 bits per heavy atom. The molecule has 0 bridgehead atoms. The summed E-state index contributed by atoms with van der Waals surface area (Å²) in [5.74, 6) is -0.302.